The Kier molecular flexibility index (Phi) is 5.00. The summed E-state index contributed by atoms with van der Waals surface area (Å²) in [6, 6.07) is 7.31. The summed E-state index contributed by atoms with van der Waals surface area (Å²) in [5.74, 6) is 0.737. The van der Waals surface area contributed by atoms with E-state index in [0.717, 1.165) is 16.0 Å². The molecule has 0 aliphatic heterocycles. The van der Waals surface area contributed by atoms with Crippen LogP contribution in [0.1, 0.15) is 16.2 Å². The molecule has 0 saturated heterocycles. The lowest BCUT2D eigenvalue weighted by molar-refractivity contribution is 0.0949. The zero-order valence-corrected chi connectivity index (χ0v) is 15.5. The van der Waals surface area contributed by atoms with E-state index in [1.165, 1.54) is 11.3 Å². The maximum atomic E-state index is 12.9. The molecule has 0 spiro atoms. The van der Waals surface area contributed by atoms with Crippen molar-refractivity contribution in [3.8, 4) is 5.75 Å². The van der Waals surface area contributed by atoms with E-state index in [9.17, 15) is 4.79 Å². The fraction of sp³-hybridized carbons (Fsp3) is 0.353. The smallest absolute Gasteiger partial charge is 0.298 e. The van der Waals surface area contributed by atoms with Crippen molar-refractivity contribution >= 4 is 32.6 Å². The number of aryl methyl sites for hydroxylation is 1. The van der Waals surface area contributed by atoms with Crippen LogP contribution in [0.3, 0.4) is 0 Å². The fourth-order valence-electron chi connectivity index (χ4n) is 2.32. The summed E-state index contributed by atoms with van der Waals surface area (Å²) in [7, 11) is 5.55. The molecule has 0 aliphatic rings. The molecule has 0 aliphatic carbocycles. The van der Waals surface area contributed by atoms with Crippen LogP contribution in [-0.4, -0.2) is 55.2 Å². The van der Waals surface area contributed by atoms with Gasteiger partial charge in [-0.05, 0) is 39.2 Å². The topological polar surface area (TPSA) is 71.7 Å². The minimum Gasteiger partial charge on any atom is -0.497 e. The van der Waals surface area contributed by atoms with E-state index in [4.69, 9.17) is 9.26 Å². The number of likely N-dealkylation sites (N-methyl/N-ethyl adjacent to an activating group) is 1. The van der Waals surface area contributed by atoms with Crippen molar-refractivity contribution in [2.75, 3.05) is 39.2 Å². The number of nitrogens with zero attached hydrogens (tertiary/aromatic N) is 4. The lowest BCUT2D eigenvalue weighted by Crippen LogP contribution is -2.36. The van der Waals surface area contributed by atoms with Gasteiger partial charge in [0, 0.05) is 19.2 Å². The molecule has 0 fully saturated rings. The Balaban J connectivity index is 1.97. The first-order valence-corrected chi connectivity index (χ1v) is 8.64. The van der Waals surface area contributed by atoms with Crippen molar-refractivity contribution in [3.05, 3.63) is 35.7 Å². The zero-order chi connectivity index (χ0) is 18.0. The van der Waals surface area contributed by atoms with E-state index in [1.54, 1.807) is 25.0 Å². The number of rotatable bonds is 6. The number of hydrogen-bond donors (Lipinski definition) is 0. The Labute approximate surface area is 149 Å². The molecule has 25 heavy (non-hydrogen) atoms. The highest BCUT2D eigenvalue weighted by Gasteiger charge is 2.24. The van der Waals surface area contributed by atoms with Gasteiger partial charge in [-0.25, -0.2) is 4.98 Å². The molecule has 0 bridgehead atoms. The highest BCUT2D eigenvalue weighted by Crippen LogP contribution is 2.32. The number of carbonyl (C=O) groups excluding carboxylic acids is 1. The zero-order valence-electron chi connectivity index (χ0n) is 14.6. The maximum absolute atomic E-state index is 12.9. The van der Waals surface area contributed by atoms with Crippen LogP contribution in [0.25, 0.3) is 10.2 Å². The number of methoxy groups -OCH3 is 1. The number of hydrogen-bond acceptors (Lipinski definition) is 7. The van der Waals surface area contributed by atoms with Gasteiger partial charge in [0.2, 0.25) is 5.76 Å². The van der Waals surface area contributed by atoms with E-state index in [1.807, 2.05) is 37.2 Å². The van der Waals surface area contributed by atoms with Crippen molar-refractivity contribution in [2.24, 2.45) is 0 Å². The Morgan fingerprint density at radius 1 is 1.28 bits per heavy atom. The summed E-state index contributed by atoms with van der Waals surface area (Å²) in [5, 5.41) is 4.44. The Morgan fingerprint density at radius 2 is 2.08 bits per heavy atom. The van der Waals surface area contributed by atoms with Crippen molar-refractivity contribution in [2.45, 2.75) is 6.92 Å². The first-order valence-electron chi connectivity index (χ1n) is 7.82. The van der Waals surface area contributed by atoms with Gasteiger partial charge >= 0.3 is 0 Å². The Morgan fingerprint density at radius 3 is 2.72 bits per heavy atom. The second-order valence-electron chi connectivity index (χ2n) is 5.92. The molecule has 0 radical (unpaired) electrons. The van der Waals surface area contributed by atoms with Gasteiger partial charge in [-0.1, -0.05) is 16.5 Å². The molecule has 2 heterocycles. The van der Waals surface area contributed by atoms with Gasteiger partial charge < -0.3 is 14.2 Å². The number of fused-ring (bicyclic) bond motifs is 1. The number of amides is 1. The Bertz CT molecular complexity index is 887. The third-order valence-electron chi connectivity index (χ3n) is 3.67. The van der Waals surface area contributed by atoms with Gasteiger partial charge in [-0.3, -0.25) is 9.69 Å². The third kappa shape index (κ3) is 3.80. The summed E-state index contributed by atoms with van der Waals surface area (Å²) in [6.45, 7) is 3.00. The number of ether oxygens (including phenoxy) is 1. The monoisotopic (exact) mass is 360 g/mol. The van der Waals surface area contributed by atoms with E-state index in [-0.39, 0.29) is 11.7 Å². The molecule has 8 heteroatoms. The largest absolute Gasteiger partial charge is 0.497 e. The van der Waals surface area contributed by atoms with Crippen LogP contribution in [-0.2, 0) is 0 Å². The molecule has 3 rings (SSSR count). The van der Waals surface area contributed by atoms with Crippen LogP contribution >= 0.6 is 11.3 Å². The molecule has 0 saturated carbocycles. The molecule has 0 N–H and O–H groups in total. The summed E-state index contributed by atoms with van der Waals surface area (Å²) < 4.78 is 11.4. The number of thiazole rings is 1. The molecule has 3 aromatic rings. The molecular formula is C17H20N4O3S. The van der Waals surface area contributed by atoms with Crippen LogP contribution in [0.2, 0.25) is 0 Å². The first-order chi connectivity index (χ1) is 12.0. The predicted octanol–water partition coefficient (Wildman–Crippen LogP) is 2.81. The molecule has 132 valence electrons. The van der Waals surface area contributed by atoms with E-state index in [2.05, 4.69) is 10.1 Å². The average molecular weight is 360 g/mol. The van der Waals surface area contributed by atoms with Gasteiger partial charge in [0.25, 0.3) is 5.91 Å². The highest BCUT2D eigenvalue weighted by molar-refractivity contribution is 7.22. The van der Waals surface area contributed by atoms with Gasteiger partial charge in [0.1, 0.15) is 5.75 Å². The third-order valence-corrected chi connectivity index (χ3v) is 4.71. The minimum atomic E-state index is -0.242. The average Bonchev–Trinajstić information content (AvgIpc) is 3.19. The predicted molar refractivity (Wildman–Crippen MR) is 97.6 cm³/mol. The molecule has 0 atom stereocenters. The summed E-state index contributed by atoms with van der Waals surface area (Å²) in [4.78, 5) is 21.1. The van der Waals surface area contributed by atoms with E-state index >= 15 is 0 Å². The highest BCUT2D eigenvalue weighted by atomic mass is 32.1. The number of anilines is 1. The number of benzene rings is 1. The SMILES string of the molecule is COc1ccc2nc(N(CCN(C)C)C(=O)c3cc(C)no3)sc2c1. The second-order valence-corrected chi connectivity index (χ2v) is 6.93. The molecular weight excluding hydrogens is 340 g/mol. The van der Waals surface area contributed by atoms with Gasteiger partial charge in [0.05, 0.1) is 23.0 Å². The van der Waals surface area contributed by atoms with Crippen molar-refractivity contribution in [3.63, 3.8) is 0 Å². The summed E-state index contributed by atoms with van der Waals surface area (Å²) >= 11 is 1.45. The van der Waals surface area contributed by atoms with Crippen LogP contribution in [0.4, 0.5) is 5.13 Å². The lowest BCUT2D eigenvalue weighted by atomic mass is 10.3. The first kappa shape index (κ1) is 17.4. The standard InChI is InChI=1S/C17H20N4O3S/c1-11-9-14(24-19-11)16(22)21(8-7-20(2)3)17-18-13-6-5-12(23-4)10-15(13)25-17/h5-6,9-10H,7-8H2,1-4H3. The fourth-order valence-corrected chi connectivity index (χ4v) is 3.34. The molecule has 0 unspecified atom stereocenters. The maximum Gasteiger partial charge on any atom is 0.298 e. The van der Waals surface area contributed by atoms with Crippen LogP contribution < -0.4 is 9.64 Å². The summed E-state index contributed by atoms with van der Waals surface area (Å²) in [5.41, 5.74) is 1.50. The van der Waals surface area contributed by atoms with Crippen molar-refractivity contribution in [1.29, 1.82) is 0 Å². The molecule has 2 aromatic heterocycles. The molecule has 7 nitrogen and oxygen atoms in total. The van der Waals surface area contributed by atoms with Crippen molar-refractivity contribution < 1.29 is 14.1 Å². The lowest BCUT2D eigenvalue weighted by Gasteiger charge is -2.20. The number of aromatic nitrogens is 2. The van der Waals surface area contributed by atoms with Crippen LogP contribution in [0, 0.1) is 6.92 Å². The quantitative estimate of drug-likeness (QED) is 0.673. The Hall–Kier alpha value is -2.45. The van der Waals surface area contributed by atoms with Crippen molar-refractivity contribution in [1.82, 2.24) is 15.0 Å². The van der Waals surface area contributed by atoms with Crippen LogP contribution in [0.5, 0.6) is 5.75 Å². The molecule has 1 aromatic carbocycles. The molecule has 1 amide bonds. The minimum absolute atomic E-state index is 0.216. The van der Waals surface area contributed by atoms with Gasteiger partial charge in [0.15, 0.2) is 5.13 Å². The van der Waals surface area contributed by atoms with Crippen LogP contribution in [0.15, 0.2) is 28.8 Å². The normalized spacial score (nSPS) is 11.2. The van der Waals surface area contributed by atoms with Gasteiger partial charge in [-0.2, -0.15) is 0 Å². The van der Waals surface area contributed by atoms with E-state index < -0.39 is 0 Å². The van der Waals surface area contributed by atoms with E-state index in [0.29, 0.717) is 23.9 Å². The second kappa shape index (κ2) is 7.20. The van der Waals surface area contributed by atoms with Gasteiger partial charge in [-0.15, -0.1) is 0 Å². The summed E-state index contributed by atoms with van der Waals surface area (Å²) in [6.07, 6.45) is 0. The number of carbonyl (C=O) groups is 1.